The van der Waals surface area contributed by atoms with E-state index in [0.29, 0.717) is 0 Å². The molecule has 94 valence electrons. The Morgan fingerprint density at radius 3 is 2.61 bits per heavy atom. The van der Waals surface area contributed by atoms with E-state index in [-0.39, 0.29) is 0 Å². The van der Waals surface area contributed by atoms with Gasteiger partial charge < -0.3 is 10.1 Å². The van der Waals surface area contributed by atoms with Crippen LogP contribution < -0.4 is 10.1 Å². The van der Waals surface area contributed by atoms with Gasteiger partial charge in [-0.3, -0.25) is 0 Å². The molecule has 4 heteroatoms. The molecule has 1 aromatic heterocycles. The number of benzene rings is 1. The van der Waals surface area contributed by atoms with Gasteiger partial charge in [-0.05, 0) is 52.2 Å². The molecule has 0 unspecified atom stereocenters. The molecule has 0 spiro atoms. The number of hydrogen-bond donors (Lipinski definition) is 1. The van der Waals surface area contributed by atoms with Gasteiger partial charge in [0.1, 0.15) is 11.6 Å². The number of methoxy groups -OCH3 is 1. The fraction of sp³-hybridized carbons (Fsp3) is 0.214. The molecule has 0 bridgehead atoms. The normalized spacial score (nSPS) is 10.2. The highest BCUT2D eigenvalue weighted by Crippen LogP contribution is 2.18. The fourth-order valence-electron chi connectivity index (χ4n) is 1.57. The monoisotopic (exact) mass is 306 g/mol. The minimum absolute atomic E-state index is 0.748. The average molecular weight is 307 g/mol. The second-order valence-corrected chi connectivity index (χ2v) is 4.87. The second-order valence-electron chi connectivity index (χ2n) is 4.02. The molecule has 0 radical (unpaired) electrons. The van der Waals surface area contributed by atoms with Crippen molar-refractivity contribution in [2.45, 2.75) is 13.5 Å². The first-order valence-electron chi connectivity index (χ1n) is 5.68. The lowest BCUT2D eigenvalue weighted by Crippen LogP contribution is -2.01. The average Bonchev–Trinajstić information content (AvgIpc) is 2.41. The Morgan fingerprint density at radius 1 is 1.28 bits per heavy atom. The van der Waals surface area contributed by atoms with Crippen LogP contribution in [0.25, 0.3) is 0 Å². The molecule has 3 nitrogen and oxygen atoms in total. The molecule has 2 rings (SSSR count). The zero-order valence-electron chi connectivity index (χ0n) is 10.4. The Balaban J connectivity index is 1.99. The summed E-state index contributed by atoms with van der Waals surface area (Å²) in [7, 11) is 1.67. The SMILES string of the molecule is COc1ccc(CNc2cc(C)c(Br)cn2)cc1. The maximum absolute atomic E-state index is 5.12. The van der Waals surface area contributed by atoms with Gasteiger partial charge in [-0.15, -0.1) is 0 Å². The number of hydrogen-bond acceptors (Lipinski definition) is 3. The number of pyridine rings is 1. The molecule has 0 aliphatic heterocycles. The number of aromatic nitrogens is 1. The zero-order chi connectivity index (χ0) is 13.0. The Kier molecular flexibility index (Phi) is 4.20. The Bertz CT molecular complexity index is 526. The maximum Gasteiger partial charge on any atom is 0.126 e. The van der Waals surface area contributed by atoms with Crippen molar-refractivity contribution in [1.82, 2.24) is 4.98 Å². The van der Waals surface area contributed by atoms with Crippen LogP contribution in [0.15, 0.2) is 41.0 Å². The summed E-state index contributed by atoms with van der Waals surface area (Å²) < 4.78 is 6.15. The summed E-state index contributed by atoms with van der Waals surface area (Å²) in [5.74, 6) is 1.75. The van der Waals surface area contributed by atoms with E-state index < -0.39 is 0 Å². The second kappa shape index (κ2) is 5.87. The minimum Gasteiger partial charge on any atom is -0.497 e. The number of aryl methyl sites for hydroxylation is 1. The smallest absolute Gasteiger partial charge is 0.126 e. The summed E-state index contributed by atoms with van der Waals surface area (Å²) in [6, 6.07) is 10.0. The van der Waals surface area contributed by atoms with Gasteiger partial charge >= 0.3 is 0 Å². The van der Waals surface area contributed by atoms with Crippen molar-refractivity contribution in [3.8, 4) is 5.75 Å². The molecule has 18 heavy (non-hydrogen) atoms. The van der Waals surface area contributed by atoms with E-state index in [9.17, 15) is 0 Å². The summed E-state index contributed by atoms with van der Waals surface area (Å²) in [5.41, 5.74) is 2.36. The molecular formula is C14H15BrN2O. The number of nitrogens with one attached hydrogen (secondary N) is 1. The van der Waals surface area contributed by atoms with Crippen molar-refractivity contribution in [2.24, 2.45) is 0 Å². The molecule has 0 atom stereocenters. The number of nitrogens with zero attached hydrogens (tertiary/aromatic N) is 1. The standard InChI is InChI=1S/C14H15BrN2O/c1-10-7-14(17-9-13(10)15)16-8-11-3-5-12(18-2)6-4-11/h3-7,9H,8H2,1-2H3,(H,16,17). The lowest BCUT2D eigenvalue weighted by atomic mass is 10.2. The fourth-order valence-corrected chi connectivity index (χ4v) is 1.79. The molecule has 0 amide bonds. The predicted molar refractivity (Wildman–Crippen MR) is 77.0 cm³/mol. The van der Waals surface area contributed by atoms with E-state index in [1.165, 1.54) is 11.1 Å². The third-order valence-electron chi connectivity index (χ3n) is 2.68. The van der Waals surface area contributed by atoms with Crippen LogP contribution in [0, 0.1) is 6.92 Å². The first kappa shape index (κ1) is 12.9. The molecular weight excluding hydrogens is 292 g/mol. The van der Waals surface area contributed by atoms with Gasteiger partial charge in [0, 0.05) is 17.2 Å². The Morgan fingerprint density at radius 2 is 2.00 bits per heavy atom. The van der Waals surface area contributed by atoms with Crippen LogP contribution in [0.3, 0.4) is 0 Å². The van der Waals surface area contributed by atoms with Crippen LogP contribution in [-0.4, -0.2) is 12.1 Å². The minimum atomic E-state index is 0.748. The van der Waals surface area contributed by atoms with Gasteiger partial charge in [0.05, 0.1) is 7.11 Å². The molecule has 0 saturated heterocycles. The van der Waals surface area contributed by atoms with E-state index in [1.54, 1.807) is 7.11 Å². The zero-order valence-corrected chi connectivity index (χ0v) is 12.0. The van der Waals surface area contributed by atoms with Crippen molar-refractivity contribution in [2.75, 3.05) is 12.4 Å². The molecule has 1 aromatic carbocycles. The highest BCUT2D eigenvalue weighted by molar-refractivity contribution is 9.10. The molecule has 1 heterocycles. The van der Waals surface area contributed by atoms with Crippen LogP contribution in [0.4, 0.5) is 5.82 Å². The first-order chi connectivity index (χ1) is 8.69. The van der Waals surface area contributed by atoms with E-state index >= 15 is 0 Å². The largest absolute Gasteiger partial charge is 0.497 e. The summed E-state index contributed by atoms with van der Waals surface area (Å²) in [4.78, 5) is 4.31. The van der Waals surface area contributed by atoms with Crippen LogP contribution in [0.1, 0.15) is 11.1 Å². The Labute approximate surface area is 115 Å². The lowest BCUT2D eigenvalue weighted by Gasteiger charge is -2.08. The van der Waals surface area contributed by atoms with Gasteiger partial charge in [0.25, 0.3) is 0 Å². The molecule has 0 aliphatic rings. The van der Waals surface area contributed by atoms with Gasteiger partial charge in [0.2, 0.25) is 0 Å². The van der Waals surface area contributed by atoms with Gasteiger partial charge in [-0.25, -0.2) is 4.98 Å². The molecule has 0 fully saturated rings. The topological polar surface area (TPSA) is 34.1 Å². The van der Waals surface area contributed by atoms with E-state index in [4.69, 9.17) is 4.74 Å². The van der Waals surface area contributed by atoms with E-state index in [1.807, 2.05) is 43.5 Å². The summed E-state index contributed by atoms with van der Waals surface area (Å²) in [6.45, 7) is 2.79. The van der Waals surface area contributed by atoms with Gasteiger partial charge in [-0.1, -0.05) is 12.1 Å². The maximum atomic E-state index is 5.12. The number of rotatable bonds is 4. The van der Waals surface area contributed by atoms with Crippen LogP contribution in [0.5, 0.6) is 5.75 Å². The van der Waals surface area contributed by atoms with Gasteiger partial charge in [0.15, 0.2) is 0 Å². The Hall–Kier alpha value is -1.55. The van der Waals surface area contributed by atoms with Crippen molar-refractivity contribution in [3.05, 3.63) is 52.1 Å². The van der Waals surface area contributed by atoms with E-state index in [2.05, 4.69) is 26.2 Å². The quantitative estimate of drug-likeness (QED) is 0.933. The lowest BCUT2D eigenvalue weighted by molar-refractivity contribution is 0.414. The third-order valence-corrected chi connectivity index (χ3v) is 3.51. The van der Waals surface area contributed by atoms with Gasteiger partial charge in [-0.2, -0.15) is 0 Å². The van der Waals surface area contributed by atoms with Crippen molar-refractivity contribution in [3.63, 3.8) is 0 Å². The molecule has 0 saturated carbocycles. The number of ether oxygens (including phenoxy) is 1. The molecule has 1 N–H and O–H groups in total. The van der Waals surface area contributed by atoms with Crippen molar-refractivity contribution >= 4 is 21.7 Å². The number of halogens is 1. The highest BCUT2D eigenvalue weighted by Gasteiger charge is 1.99. The van der Waals surface area contributed by atoms with Crippen LogP contribution in [0.2, 0.25) is 0 Å². The molecule has 0 aliphatic carbocycles. The first-order valence-corrected chi connectivity index (χ1v) is 6.47. The molecule has 2 aromatic rings. The highest BCUT2D eigenvalue weighted by atomic mass is 79.9. The summed E-state index contributed by atoms with van der Waals surface area (Å²) in [5, 5.41) is 3.29. The van der Waals surface area contributed by atoms with E-state index in [0.717, 1.165) is 22.6 Å². The van der Waals surface area contributed by atoms with Crippen molar-refractivity contribution in [1.29, 1.82) is 0 Å². The van der Waals surface area contributed by atoms with Crippen LogP contribution >= 0.6 is 15.9 Å². The predicted octanol–water partition coefficient (Wildman–Crippen LogP) is 3.77. The third kappa shape index (κ3) is 3.23. The van der Waals surface area contributed by atoms with Crippen LogP contribution in [-0.2, 0) is 6.54 Å². The summed E-state index contributed by atoms with van der Waals surface area (Å²) >= 11 is 3.44. The van der Waals surface area contributed by atoms with Crippen molar-refractivity contribution < 1.29 is 4.74 Å². The number of anilines is 1. The summed E-state index contributed by atoms with van der Waals surface area (Å²) in [6.07, 6.45) is 1.81.